The number of ketones is 1. The summed E-state index contributed by atoms with van der Waals surface area (Å²) in [5, 5.41) is 3.36. The number of fused-ring (bicyclic) bond motifs is 1. The normalized spacial score (nSPS) is 10.8. The minimum absolute atomic E-state index is 0.0634. The highest BCUT2D eigenvalue weighted by Crippen LogP contribution is 2.27. The number of ether oxygens (including phenoxy) is 1. The summed E-state index contributed by atoms with van der Waals surface area (Å²) in [7, 11) is 1.94. The average Bonchev–Trinajstić information content (AvgIpc) is 3.08. The summed E-state index contributed by atoms with van der Waals surface area (Å²) in [6, 6.07) is 16.8. The maximum atomic E-state index is 11.7. The minimum Gasteiger partial charge on any atom is -0.457 e. The molecule has 0 aliphatic carbocycles. The van der Waals surface area contributed by atoms with E-state index in [-0.39, 0.29) is 5.69 Å². The molecule has 3 N–H and O–H groups in total. The third kappa shape index (κ3) is 4.37. The first-order valence-corrected chi connectivity index (χ1v) is 9.64. The zero-order chi connectivity index (χ0) is 22.0. The van der Waals surface area contributed by atoms with Gasteiger partial charge < -0.3 is 20.4 Å². The van der Waals surface area contributed by atoms with Gasteiger partial charge in [-0.25, -0.2) is 4.98 Å². The SMILES string of the molecule is Cc1ccc(CNc2nc3cc(Oc4ccnc(C(=O)C(N)=O)c4)ccc3n2C)cc1. The Morgan fingerprint density at radius 1 is 1.06 bits per heavy atom. The highest BCUT2D eigenvalue weighted by molar-refractivity contribution is 6.41. The Morgan fingerprint density at radius 3 is 2.55 bits per heavy atom. The van der Waals surface area contributed by atoms with E-state index in [1.54, 1.807) is 6.07 Å². The number of amides is 1. The molecule has 4 aromatic rings. The molecular formula is C23H21N5O3. The number of carbonyl (C=O) groups is 2. The number of hydrogen-bond acceptors (Lipinski definition) is 6. The molecule has 0 unspecified atom stereocenters. The van der Waals surface area contributed by atoms with Crippen LogP contribution in [0.4, 0.5) is 5.95 Å². The fourth-order valence-electron chi connectivity index (χ4n) is 3.15. The van der Waals surface area contributed by atoms with E-state index in [0.717, 1.165) is 17.0 Å². The van der Waals surface area contributed by atoms with E-state index in [1.807, 2.05) is 29.8 Å². The predicted octanol–water partition coefficient (Wildman–Crippen LogP) is 3.35. The first-order valence-electron chi connectivity index (χ1n) is 9.64. The van der Waals surface area contributed by atoms with Gasteiger partial charge in [0.1, 0.15) is 17.2 Å². The molecule has 0 atom stereocenters. The molecule has 0 aliphatic heterocycles. The molecule has 0 saturated carbocycles. The van der Waals surface area contributed by atoms with E-state index < -0.39 is 11.7 Å². The molecule has 0 fully saturated rings. The molecule has 1 amide bonds. The van der Waals surface area contributed by atoms with Crippen molar-refractivity contribution in [3.05, 3.63) is 77.6 Å². The smallest absolute Gasteiger partial charge is 0.291 e. The lowest BCUT2D eigenvalue weighted by Crippen LogP contribution is -2.23. The number of nitrogens with one attached hydrogen (secondary N) is 1. The van der Waals surface area contributed by atoms with Crippen LogP contribution in [0.2, 0.25) is 0 Å². The topological polar surface area (TPSA) is 112 Å². The van der Waals surface area contributed by atoms with E-state index in [9.17, 15) is 9.59 Å². The molecule has 0 spiro atoms. The number of aryl methyl sites for hydroxylation is 2. The van der Waals surface area contributed by atoms with E-state index in [2.05, 4.69) is 46.5 Å². The van der Waals surface area contributed by atoms with Crippen molar-refractivity contribution in [1.82, 2.24) is 14.5 Å². The van der Waals surface area contributed by atoms with Crippen LogP contribution in [0.1, 0.15) is 21.6 Å². The second kappa shape index (κ2) is 8.27. The van der Waals surface area contributed by atoms with Gasteiger partial charge in [-0.05, 0) is 30.7 Å². The maximum absolute atomic E-state index is 11.7. The number of benzene rings is 2. The Kier molecular flexibility index (Phi) is 5.36. The van der Waals surface area contributed by atoms with Gasteiger partial charge in [0, 0.05) is 31.9 Å². The molecule has 0 saturated heterocycles. The Morgan fingerprint density at radius 2 is 1.81 bits per heavy atom. The minimum atomic E-state index is -1.06. The summed E-state index contributed by atoms with van der Waals surface area (Å²) in [6.45, 7) is 2.72. The molecule has 8 heteroatoms. The van der Waals surface area contributed by atoms with Crippen LogP contribution >= 0.6 is 0 Å². The number of anilines is 1. The number of primary amides is 1. The number of hydrogen-bond donors (Lipinski definition) is 2. The van der Waals surface area contributed by atoms with Crippen molar-refractivity contribution in [2.24, 2.45) is 12.8 Å². The predicted molar refractivity (Wildman–Crippen MR) is 117 cm³/mol. The van der Waals surface area contributed by atoms with Crippen molar-refractivity contribution in [2.75, 3.05) is 5.32 Å². The van der Waals surface area contributed by atoms with Crippen LogP contribution in [-0.4, -0.2) is 26.2 Å². The first kappa shape index (κ1) is 20.1. The van der Waals surface area contributed by atoms with Gasteiger partial charge in [0.15, 0.2) is 0 Å². The van der Waals surface area contributed by atoms with Crippen LogP contribution < -0.4 is 15.8 Å². The Labute approximate surface area is 178 Å². The Bertz CT molecular complexity index is 1280. The van der Waals surface area contributed by atoms with Crippen LogP contribution in [0.15, 0.2) is 60.8 Å². The van der Waals surface area contributed by atoms with E-state index in [0.29, 0.717) is 18.0 Å². The Hall–Kier alpha value is -4.20. The largest absolute Gasteiger partial charge is 0.457 e. The molecule has 8 nitrogen and oxygen atoms in total. The summed E-state index contributed by atoms with van der Waals surface area (Å²) >= 11 is 0. The summed E-state index contributed by atoms with van der Waals surface area (Å²) in [5.74, 6) is -0.280. The van der Waals surface area contributed by atoms with Crippen molar-refractivity contribution in [3.8, 4) is 11.5 Å². The molecule has 156 valence electrons. The van der Waals surface area contributed by atoms with Gasteiger partial charge in [-0.2, -0.15) is 0 Å². The molecule has 2 heterocycles. The van der Waals surface area contributed by atoms with Crippen molar-refractivity contribution in [1.29, 1.82) is 0 Å². The second-order valence-electron chi connectivity index (χ2n) is 7.16. The highest BCUT2D eigenvalue weighted by Gasteiger charge is 2.15. The van der Waals surface area contributed by atoms with E-state index >= 15 is 0 Å². The molecule has 0 radical (unpaired) electrons. The summed E-state index contributed by atoms with van der Waals surface area (Å²) in [6.07, 6.45) is 1.39. The number of aromatic nitrogens is 3. The van der Waals surface area contributed by atoms with Crippen LogP contribution in [0.25, 0.3) is 11.0 Å². The van der Waals surface area contributed by atoms with Gasteiger partial charge in [0.05, 0.1) is 11.0 Å². The fraction of sp³-hybridized carbons (Fsp3) is 0.130. The second-order valence-corrected chi connectivity index (χ2v) is 7.16. The highest BCUT2D eigenvalue weighted by atomic mass is 16.5. The van der Waals surface area contributed by atoms with Gasteiger partial charge in [-0.1, -0.05) is 29.8 Å². The van der Waals surface area contributed by atoms with Gasteiger partial charge in [0.2, 0.25) is 5.95 Å². The molecule has 0 aliphatic rings. The summed E-state index contributed by atoms with van der Waals surface area (Å²) in [4.78, 5) is 31.3. The van der Waals surface area contributed by atoms with Gasteiger partial charge in [-0.3, -0.25) is 14.6 Å². The number of carbonyl (C=O) groups excluding carboxylic acids is 2. The molecule has 4 rings (SSSR count). The van der Waals surface area contributed by atoms with Gasteiger partial charge in [0.25, 0.3) is 11.7 Å². The number of nitrogens with two attached hydrogens (primary N) is 1. The van der Waals surface area contributed by atoms with Gasteiger partial charge >= 0.3 is 0 Å². The fourth-order valence-corrected chi connectivity index (χ4v) is 3.15. The standard InChI is InChI=1S/C23H21N5O3/c1-14-3-5-15(6-4-14)13-26-23-27-18-11-16(7-8-20(18)28(23)2)31-17-9-10-25-19(12-17)21(29)22(24)30/h3-12H,13H2,1-2H3,(H2,24,30)(H,26,27). The number of nitrogens with zero attached hydrogens (tertiary/aromatic N) is 3. The summed E-state index contributed by atoms with van der Waals surface area (Å²) in [5.41, 5.74) is 9.06. The first-order chi connectivity index (χ1) is 14.9. The van der Waals surface area contributed by atoms with E-state index in [4.69, 9.17) is 10.5 Å². The lowest BCUT2D eigenvalue weighted by Gasteiger charge is -2.07. The maximum Gasteiger partial charge on any atom is 0.291 e. The Balaban J connectivity index is 1.53. The molecule has 2 aromatic carbocycles. The zero-order valence-corrected chi connectivity index (χ0v) is 17.1. The van der Waals surface area contributed by atoms with Crippen molar-refractivity contribution < 1.29 is 14.3 Å². The van der Waals surface area contributed by atoms with Crippen LogP contribution in [0, 0.1) is 6.92 Å². The lowest BCUT2D eigenvalue weighted by molar-refractivity contribution is -0.114. The lowest BCUT2D eigenvalue weighted by atomic mass is 10.1. The molecule has 0 bridgehead atoms. The zero-order valence-electron chi connectivity index (χ0n) is 17.1. The quantitative estimate of drug-likeness (QED) is 0.354. The van der Waals surface area contributed by atoms with Crippen LogP contribution in [0.3, 0.4) is 0 Å². The van der Waals surface area contributed by atoms with Crippen LogP contribution in [-0.2, 0) is 18.4 Å². The molecular weight excluding hydrogens is 394 g/mol. The van der Waals surface area contributed by atoms with Gasteiger partial charge in [-0.15, -0.1) is 0 Å². The van der Waals surface area contributed by atoms with Crippen LogP contribution in [0.5, 0.6) is 11.5 Å². The average molecular weight is 415 g/mol. The number of rotatable bonds is 7. The number of imidazole rings is 1. The third-order valence-corrected chi connectivity index (χ3v) is 4.85. The molecule has 2 aromatic heterocycles. The number of Topliss-reactive ketones (excluding diaryl/α,β-unsaturated/α-hetero) is 1. The third-order valence-electron chi connectivity index (χ3n) is 4.85. The van der Waals surface area contributed by atoms with Crippen molar-refractivity contribution >= 4 is 28.7 Å². The van der Waals surface area contributed by atoms with Crippen molar-refractivity contribution in [2.45, 2.75) is 13.5 Å². The number of pyridine rings is 1. The molecule has 31 heavy (non-hydrogen) atoms. The van der Waals surface area contributed by atoms with Crippen molar-refractivity contribution in [3.63, 3.8) is 0 Å². The monoisotopic (exact) mass is 415 g/mol. The van der Waals surface area contributed by atoms with E-state index in [1.165, 1.54) is 23.4 Å². The summed E-state index contributed by atoms with van der Waals surface area (Å²) < 4.78 is 7.81.